The molecule has 5 heteroatoms. The molecule has 1 fully saturated rings. The van der Waals surface area contributed by atoms with Crippen LogP contribution in [0, 0.1) is 6.92 Å². The molecule has 3 aromatic rings. The average molecular weight is 473 g/mol. The van der Waals surface area contributed by atoms with Crippen LogP contribution in [0.5, 0.6) is 0 Å². The number of hydrogen-bond acceptors (Lipinski definition) is 3. The summed E-state index contributed by atoms with van der Waals surface area (Å²) in [4.78, 5) is 7.31. The second-order valence-electron chi connectivity index (χ2n) is 6.83. The predicted molar refractivity (Wildman–Crippen MR) is 106 cm³/mol. The zero-order valence-corrected chi connectivity index (χ0v) is 17.9. The molecule has 0 bridgehead atoms. The molecule has 0 radical (unpaired) electrons. The lowest BCUT2D eigenvalue weighted by molar-refractivity contribution is -0.671. The number of aromatic nitrogens is 2. The minimum absolute atomic E-state index is 0. The van der Waals surface area contributed by atoms with E-state index in [1.807, 2.05) is 11.6 Å². The Hall–Kier alpha value is -1.99. The van der Waals surface area contributed by atoms with Crippen LogP contribution in [0.3, 0.4) is 0 Å². The molecule has 1 saturated heterocycles. The van der Waals surface area contributed by atoms with Crippen LogP contribution in [0.4, 0.5) is 5.82 Å². The lowest BCUT2D eigenvalue weighted by Gasteiger charge is -2.29. The van der Waals surface area contributed by atoms with Crippen LogP contribution >= 0.6 is 0 Å². The molecule has 4 nitrogen and oxygen atoms in total. The van der Waals surface area contributed by atoms with Crippen molar-refractivity contribution in [3.8, 4) is 0 Å². The molecule has 0 spiro atoms. The van der Waals surface area contributed by atoms with Crippen molar-refractivity contribution in [2.75, 3.05) is 31.2 Å². The molecule has 1 aromatic carbocycles. The second-order valence-corrected chi connectivity index (χ2v) is 6.83. The van der Waals surface area contributed by atoms with Gasteiger partial charge in [-0.15, -0.1) is 0 Å². The fourth-order valence-electron chi connectivity index (χ4n) is 3.26. The van der Waals surface area contributed by atoms with Crippen molar-refractivity contribution in [2.24, 2.45) is 7.05 Å². The van der Waals surface area contributed by atoms with Crippen LogP contribution in [-0.4, -0.2) is 31.3 Å². The summed E-state index contributed by atoms with van der Waals surface area (Å²) in [7, 11) is 2.03. The Balaban J connectivity index is 0.00000210. The number of halogens is 1. The van der Waals surface area contributed by atoms with E-state index in [-0.39, 0.29) is 24.0 Å². The van der Waals surface area contributed by atoms with Gasteiger partial charge in [-0.05, 0) is 30.7 Å². The van der Waals surface area contributed by atoms with Crippen LogP contribution < -0.4 is 33.4 Å². The smallest absolute Gasteiger partial charge is 0.169 e. The Morgan fingerprint density at radius 3 is 2.52 bits per heavy atom. The molecule has 0 atom stereocenters. The lowest BCUT2D eigenvalue weighted by Crippen LogP contribution is -3.00. The van der Waals surface area contributed by atoms with Crippen molar-refractivity contribution in [1.82, 2.24) is 4.98 Å². The third-order valence-corrected chi connectivity index (χ3v) is 4.75. The summed E-state index contributed by atoms with van der Waals surface area (Å²) in [6.45, 7) is 5.39. The van der Waals surface area contributed by atoms with Gasteiger partial charge >= 0.3 is 0 Å². The van der Waals surface area contributed by atoms with Gasteiger partial charge in [0.2, 0.25) is 0 Å². The van der Waals surface area contributed by atoms with E-state index in [1.165, 1.54) is 16.5 Å². The number of fused-ring (bicyclic) bond motifs is 1. The molecule has 0 aliphatic carbocycles. The van der Waals surface area contributed by atoms with Crippen LogP contribution in [0.1, 0.15) is 16.7 Å². The van der Waals surface area contributed by atoms with E-state index >= 15 is 0 Å². The minimum Gasteiger partial charge on any atom is -1.00 e. The molecule has 1 aliphatic heterocycles. The summed E-state index contributed by atoms with van der Waals surface area (Å²) in [5.74, 6) is 1.04. The van der Waals surface area contributed by atoms with Gasteiger partial charge in [0.1, 0.15) is 12.9 Å². The number of benzene rings is 1. The van der Waals surface area contributed by atoms with Gasteiger partial charge in [-0.1, -0.05) is 23.8 Å². The molecule has 4 rings (SSSR count). The first kappa shape index (κ1) is 19.8. The molecule has 2 aromatic heterocycles. The van der Waals surface area contributed by atoms with Crippen molar-refractivity contribution >= 4 is 28.9 Å². The van der Waals surface area contributed by atoms with Gasteiger partial charge in [0.05, 0.1) is 18.7 Å². The van der Waals surface area contributed by atoms with Crippen LogP contribution in [-0.2, 0) is 11.8 Å². The quantitative estimate of drug-likeness (QED) is 0.407. The first-order valence-corrected chi connectivity index (χ1v) is 9.06. The summed E-state index contributed by atoms with van der Waals surface area (Å²) in [5.41, 5.74) is 4.63. The van der Waals surface area contributed by atoms with Crippen LogP contribution in [0.2, 0.25) is 0 Å². The van der Waals surface area contributed by atoms with Gasteiger partial charge < -0.3 is 33.6 Å². The molecule has 0 saturated carbocycles. The average Bonchev–Trinajstić information content (AvgIpc) is 2.67. The molecule has 0 amide bonds. The van der Waals surface area contributed by atoms with E-state index in [4.69, 9.17) is 9.72 Å². The largest absolute Gasteiger partial charge is 1.00 e. The maximum atomic E-state index is 5.51. The fraction of sp³-hybridized carbons (Fsp3) is 0.273. The monoisotopic (exact) mass is 473 g/mol. The number of hydrogen-bond donors (Lipinski definition) is 0. The molecular formula is C22H24IN3O. The Bertz CT molecular complexity index is 948. The van der Waals surface area contributed by atoms with Gasteiger partial charge in [-0.3, -0.25) is 0 Å². The van der Waals surface area contributed by atoms with Crippen molar-refractivity contribution in [3.63, 3.8) is 0 Å². The van der Waals surface area contributed by atoms with Crippen molar-refractivity contribution < 1.29 is 33.3 Å². The van der Waals surface area contributed by atoms with Crippen molar-refractivity contribution in [3.05, 3.63) is 65.5 Å². The highest BCUT2D eigenvalue weighted by molar-refractivity contribution is 5.87. The molecule has 1 aliphatic rings. The maximum absolute atomic E-state index is 5.51. The van der Waals surface area contributed by atoms with Gasteiger partial charge in [-0.2, -0.15) is 0 Å². The molecule has 3 heterocycles. The van der Waals surface area contributed by atoms with Crippen molar-refractivity contribution in [2.45, 2.75) is 6.92 Å². The number of morpholine rings is 1. The van der Waals surface area contributed by atoms with E-state index in [2.05, 4.69) is 72.8 Å². The normalized spacial score (nSPS) is 14.5. The van der Waals surface area contributed by atoms with E-state index in [1.54, 1.807) is 0 Å². The molecule has 0 N–H and O–H groups in total. The number of ether oxygens (including phenoxy) is 1. The highest BCUT2D eigenvalue weighted by Gasteiger charge is 2.16. The summed E-state index contributed by atoms with van der Waals surface area (Å²) in [6, 6.07) is 12.9. The summed E-state index contributed by atoms with van der Waals surface area (Å²) < 4.78 is 7.55. The van der Waals surface area contributed by atoms with Gasteiger partial charge in [0.25, 0.3) is 0 Å². The number of pyridine rings is 2. The second kappa shape index (κ2) is 8.80. The SMILES string of the molecule is Cc1ccc2nc(N3CCOCC3)c(/C=C/c3cc[n+](C)cc3)cc2c1.[I-]. The number of aryl methyl sites for hydroxylation is 2. The minimum atomic E-state index is 0. The van der Waals surface area contributed by atoms with E-state index < -0.39 is 0 Å². The standard InChI is InChI=1S/C22H24N3O.HI/c1-17-3-6-21-20(15-17)16-19(5-4-18-7-9-24(2)10-8-18)22(23-21)25-11-13-26-14-12-25;/h3-10,15-16H,11-14H2,1-2H3;1H/q+1;/p-1. The third-order valence-electron chi connectivity index (χ3n) is 4.75. The van der Waals surface area contributed by atoms with E-state index in [0.29, 0.717) is 0 Å². The van der Waals surface area contributed by atoms with Crippen LogP contribution in [0.15, 0.2) is 48.8 Å². The summed E-state index contributed by atoms with van der Waals surface area (Å²) in [5, 5.41) is 1.18. The Kier molecular flexibility index (Phi) is 6.44. The summed E-state index contributed by atoms with van der Waals surface area (Å²) in [6.07, 6.45) is 8.45. The first-order chi connectivity index (χ1) is 12.7. The Morgan fingerprint density at radius 1 is 1.04 bits per heavy atom. The highest BCUT2D eigenvalue weighted by atomic mass is 127. The maximum Gasteiger partial charge on any atom is 0.169 e. The van der Waals surface area contributed by atoms with E-state index in [0.717, 1.165) is 43.2 Å². The zero-order valence-electron chi connectivity index (χ0n) is 15.7. The Morgan fingerprint density at radius 2 is 1.78 bits per heavy atom. The molecule has 0 unspecified atom stereocenters. The van der Waals surface area contributed by atoms with Gasteiger partial charge in [0, 0.05) is 36.2 Å². The van der Waals surface area contributed by atoms with Gasteiger partial charge in [-0.25, -0.2) is 9.55 Å². The lowest BCUT2D eigenvalue weighted by atomic mass is 10.1. The Labute approximate surface area is 177 Å². The van der Waals surface area contributed by atoms with Crippen LogP contribution in [0.25, 0.3) is 23.1 Å². The number of nitrogens with zero attached hydrogens (tertiary/aromatic N) is 3. The number of anilines is 1. The topological polar surface area (TPSA) is 29.2 Å². The third kappa shape index (κ3) is 4.65. The summed E-state index contributed by atoms with van der Waals surface area (Å²) >= 11 is 0. The molecule has 140 valence electrons. The first-order valence-electron chi connectivity index (χ1n) is 9.06. The fourth-order valence-corrected chi connectivity index (χ4v) is 3.26. The predicted octanol–water partition coefficient (Wildman–Crippen LogP) is 0.379. The highest BCUT2D eigenvalue weighted by Crippen LogP contribution is 2.27. The molecule has 27 heavy (non-hydrogen) atoms. The zero-order chi connectivity index (χ0) is 17.9. The molecular weight excluding hydrogens is 449 g/mol. The van der Waals surface area contributed by atoms with Crippen molar-refractivity contribution in [1.29, 1.82) is 0 Å². The van der Waals surface area contributed by atoms with Gasteiger partial charge in [0.15, 0.2) is 12.4 Å². The van der Waals surface area contributed by atoms with E-state index in [9.17, 15) is 0 Å². The number of rotatable bonds is 3.